The molecule has 13 heavy (non-hydrogen) atoms. The van der Waals surface area contributed by atoms with Crippen molar-refractivity contribution in [2.75, 3.05) is 20.2 Å². The molecule has 1 unspecified atom stereocenters. The summed E-state index contributed by atoms with van der Waals surface area (Å²) in [6, 6.07) is 0.487. The van der Waals surface area contributed by atoms with Gasteiger partial charge in [-0.2, -0.15) is 0 Å². The Kier molecular flexibility index (Phi) is 6.29. The third kappa shape index (κ3) is 6.99. The monoisotopic (exact) mass is 188 g/mol. The zero-order chi connectivity index (χ0) is 10.3. The Morgan fingerprint density at radius 1 is 1.46 bits per heavy atom. The molecule has 3 N–H and O–H groups in total. The fraction of sp³-hybridized carbons (Fsp3) is 1.00. The first kappa shape index (κ1) is 12.9. The summed E-state index contributed by atoms with van der Waals surface area (Å²) < 4.78 is 5.35. The van der Waals surface area contributed by atoms with Gasteiger partial charge in [-0.1, -0.05) is 0 Å². The molecule has 0 aromatic carbocycles. The number of ether oxygens (including phenoxy) is 1. The summed E-state index contributed by atoms with van der Waals surface area (Å²) in [5.74, 6) is 0. The van der Waals surface area contributed by atoms with Gasteiger partial charge in [-0.15, -0.1) is 0 Å². The van der Waals surface area contributed by atoms with Gasteiger partial charge in [-0.05, 0) is 46.7 Å². The van der Waals surface area contributed by atoms with Crippen LogP contribution in [0.2, 0.25) is 0 Å². The van der Waals surface area contributed by atoms with Crippen molar-refractivity contribution >= 4 is 0 Å². The minimum absolute atomic E-state index is 0.0326. The van der Waals surface area contributed by atoms with E-state index in [2.05, 4.69) is 26.1 Å². The number of methoxy groups -OCH3 is 1. The van der Waals surface area contributed by atoms with Gasteiger partial charge in [0.15, 0.2) is 0 Å². The Balaban J connectivity index is 3.55. The second-order valence-corrected chi connectivity index (χ2v) is 4.17. The molecule has 0 bridgehead atoms. The molecule has 0 amide bonds. The number of nitrogens with two attached hydrogens (primary N) is 1. The van der Waals surface area contributed by atoms with Crippen LogP contribution in [0.1, 0.15) is 33.6 Å². The van der Waals surface area contributed by atoms with Gasteiger partial charge in [0.1, 0.15) is 0 Å². The first-order valence-electron chi connectivity index (χ1n) is 5.00. The SMILES string of the molecule is COC(C)(C)CC(C)NCCCN. The summed E-state index contributed by atoms with van der Waals surface area (Å²) in [7, 11) is 1.76. The molecular formula is C10H24N2O. The van der Waals surface area contributed by atoms with Gasteiger partial charge in [-0.3, -0.25) is 0 Å². The second kappa shape index (κ2) is 6.35. The highest BCUT2D eigenvalue weighted by molar-refractivity contribution is 4.75. The Hall–Kier alpha value is -0.120. The van der Waals surface area contributed by atoms with E-state index in [0.29, 0.717) is 6.04 Å². The van der Waals surface area contributed by atoms with Crippen LogP contribution < -0.4 is 11.1 Å². The highest BCUT2D eigenvalue weighted by Gasteiger charge is 2.19. The predicted octanol–water partition coefficient (Wildman–Crippen LogP) is 1.13. The van der Waals surface area contributed by atoms with E-state index in [1.807, 2.05) is 0 Å². The largest absolute Gasteiger partial charge is 0.379 e. The summed E-state index contributed by atoms with van der Waals surface area (Å²) >= 11 is 0. The lowest BCUT2D eigenvalue weighted by Crippen LogP contribution is -2.36. The average molecular weight is 188 g/mol. The summed E-state index contributed by atoms with van der Waals surface area (Å²) in [4.78, 5) is 0. The highest BCUT2D eigenvalue weighted by atomic mass is 16.5. The zero-order valence-electron chi connectivity index (χ0n) is 9.39. The third-order valence-corrected chi connectivity index (χ3v) is 2.22. The van der Waals surface area contributed by atoms with E-state index in [-0.39, 0.29) is 5.60 Å². The second-order valence-electron chi connectivity index (χ2n) is 4.17. The molecule has 0 aromatic heterocycles. The Morgan fingerprint density at radius 2 is 2.08 bits per heavy atom. The van der Waals surface area contributed by atoms with Gasteiger partial charge in [0.2, 0.25) is 0 Å². The predicted molar refractivity (Wildman–Crippen MR) is 56.8 cm³/mol. The van der Waals surface area contributed by atoms with Crippen molar-refractivity contribution in [1.82, 2.24) is 5.32 Å². The van der Waals surface area contributed by atoms with Crippen molar-refractivity contribution in [3.05, 3.63) is 0 Å². The quantitative estimate of drug-likeness (QED) is 0.589. The van der Waals surface area contributed by atoms with E-state index in [1.165, 1.54) is 0 Å². The minimum atomic E-state index is -0.0326. The number of rotatable bonds is 7. The van der Waals surface area contributed by atoms with Crippen LogP contribution >= 0.6 is 0 Å². The zero-order valence-corrected chi connectivity index (χ0v) is 9.39. The van der Waals surface area contributed by atoms with Gasteiger partial charge in [0, 0.05) is 13.2 Å². The molecule has 0 rings (SSSR count). The van der Waals surface area contributed by atoms with Gasteiger partial charge in [0.05, 0.1) is 5.60 Å². The van der Waals surface area contributed by atoms with Crippen LogP contribution in [-0.2, 0) is 4.74 Å². The third-order valence-electron chi connectivity index (χ3n) is 2.22. The summed E-state index contributed by atoms with van der Waals surface area (Å²) in [5, 5.41) is 3.41. The van der Waals surface area contributed by atoms with E-state index < -0.39 is 0 Å². The lowest BCUT2D eigenvalue weighted by Gasteiger charge is -2.27. The van der Waals surface area contributed by atoms with E-state index >= 15 is 0 Å². The molecule has 0 saturated carbocycles. The maximum atomic E-state index is 5.40. The standard InChI is InChI=1S/C10H24N2O/c1-9(12-7-5-6-11)8-10(2,3)13-4/h9,12H,5-8,11H2,1-4H3. The summed E-state index contributed by atoms with van der Waals surface area (Å²) in [6.45, 7) is 8.14. The summed E-state index contributed by atoms with van der Waals surface area (Å²) in [6.07, 6.45) is 2.06. The molecule has 1 atom stereocenters. The normalized spacial score (nSPS) is 14.5. The molecule has 80 valence electrons. The maximum absolute atomic E-state index is 5.40. The van der Waals surface area contributed by atoms with Gasteiger partial charge < -0.3 is 15.8 Å². The molecule has 3 nitrogen and oxygen atoms in total. The topological polar surface area (TPSA) is 47.3 Å². The van der Waals surface area contributed by atoms with Crippen molar-refractivity contribution in [3.63, 3.8) is 0 Å². The average Bonchev–Trinajstić information content (AvgIpc) is 2.04. The smallest absolute Gasteiger partial charge is 0.0637 e. The molecule has 0 aliphatic rings. The van der Waals surface area contributed by atoms with Crippen molar-refractivity contribution in [3.8, 4) is 0 Å². The molecule has 0 radical (unpaired) electrons. The van der Waals surface area contributed by atoms with Crippen LogP contribution in [0.5, 0.6) is 0 Å². The van der Waals surface area contributed by atoms with Gasteiger partial charge >= 0.3 is 0 Å². The molecule has 3 heteroatoms. The molecule has 0 heterocycles. The van der Waals surface area contributed by atoms with Crippen LogP contribution in [-0.4, -0.2) is 31.8 Å². The lowest BCUT2D eigenvalue weighted by molar-refractivity contribution is 0.00862. The first-order valence-corrected chi connectivity index (χ1v) is 5.00. The fourth-order valence-electron chi connectivity index (χ4n) is 1.34. The first-order chi connectivity index (χ1) is 6.02. The van der Waals surface area contributed by atoms with E-state index in [4.69, 9.17) is 10.5 Å². The molecule has 0 aliphatic heterocycles. The Morgan fingerprint density at radius 3 is 2.54 bits per heavy atom. The molecular weight excluding hydrogens is 164 g/mol. The van der Waals surface area contributed by atoms with Crippen LogP contribution in [0.4, 0.5) is 0 Å². The highest BCUT2D eigenvalue weighted by Crippen LogP contribution is 2.14. The van der Waals surface area contributed by atoms with E-state index in [1.54, 1.807) is 7.11 Å². The number of nitrogens with one attached hydrogen (secondary N) is 1. The lowest BCUT2D eigenvalue weighted by atomic mass is 10.00. The van der Waals surface area contributed by atoms with Gasteiger partial charge in [-0.25, -0.2) is 0 Å². The molecule has 0 fully saturated rings. The number of hydrogen-bond acceptors (Lipinski definition) is 3. The van der Waals surface area contributed by atoms with Crippen LogP contribution in [0.3, 0.4) is 0 Å². The molecule has 0 aromatic rings. The molecule has 0 saturated heterocycles. The van der Waals surface area contributed by atoms with Crippen LogP contribution in [0.25, 0.3) is 0 Å². The Labute approximate surface area is 82.0 Å². The van der Waals surface area contributed by atoms with Crippen molar-refractivity contribution < 1.29 is 4.74 Å². The summed E-state index contributed by atoms with van der Waals surface area (Å²) in [5.41, 5.74) is 5.37. The van der Waals surface area contributed by atoms with E-state index in [0.717, 1.165) is 25.9 Å². The Bertz CT molecular complexity index is 126. The van der Waals surface area contributed by atoms with E-state index in [9.17, 15) is 0 Å². The van der Waals surface area contributed by atoms with Crippen LogP contribution in [0.15, 0.2) is 0 Å². The van der Waals surface area contributed by atoms with Gasteiger partial charge in [0.25, 0.3) is 0 Å². The van der Waals surface area contributed by atoms with Crippen molar-refractivity contribution in [2.24, 2.45) is 5.73 Å². The van der Waals surface area contributed by atoms with Crippen molar-refractivity contribution in [1.29, 1.82) is 0 Å². The van der Waals surface area contributed by atoms with Crippen LogP contribution in [0, 0.1) is 0 Å². The molecule has 0 aliphatic carbocycles. The molecule has 0 spiro atoms. The number of hydrogen-bond donors (Lipinski definition) is 2. The maximum Gasteiger partial charge on any atom is 0.0637 e. The minimum Gasteiger partial charge on any atom is -0.379 e. The fourth-order valence-corrected chi connectivity index (χ4v) is 1.34. The van der Waals surface area contributed by atoms with Crippen molar-refractivity contribution in [2.45, 2.75) is 45.3 Å².